The molecule has 6 nitrogen and oxygen atoms in total. The predicted molar refractivity (Wildman–Crippen MR) is 85.7 cm³/mol. The van der Waals surface area contributed by atoms with Crippen molar-refractivity contribution in [3.05, 3.63) is 29.8 Å². The number of aliphatic imine (C=N–C) groups is 1. The van der Waals surface area contributed by atoms with Crippen LogP contribution in [0.2, 0.25) is 0 Å². The Morgan fingerprint density at radius 1 is 1.30 bits per heavy atom. The average molecular weight is 321 g/mol. The summed E-state index contributed by atoms with van der Waals surface area (Å²) in [5, 5.41) is 10.6. The Labute approximate surface area is 136 Å². The number of aliphatic hydroxyl groups excluding tert-OH is 1. The Bertz CT molecular complexity index is 596. The predicted octanol–water partition coefficient (Wildman–Crippen LogP) is 1.79. The molecule has 126 valence electrons. The van der Waals surface area contributed by atoms with Crippen molar-refractivity contribution in [3.63, 3.8) is 0 Å². The number of nitrogens with zero attached hydrogens (tertiary/aromatic N) is 1. The van der Waals surface area contributed by atoms with Gasteiger partial charge in [-0.1, -0.05) is 13.8 Å². The number of rotatable bonds is 5. The fraction of sp³-hybridized carbons (Fsp3) is 0.529. The molecule has 0 saturated carbocycles. The van der Waals surface area contributed by atoms with Crippen molar-refractivity contribution < 1.29 is 24.1 Å². The number of methoxy groups -OCH3 is 2. The summed E-state index contributed by atoms with van der Waals surface area (Å²) in [5.74, 6) is 0.237. The lowest BCUT2D eigenvalue weighted by atomic mass is 9.82. The third-order valence-corrected chi connectivity index (χ3v) is 4.13. The van der Waals surface area contributed by atoms with Crippen LogP contribution in [0.15, 0.2) is 29.3 Å². The molecule has 0 saturated heterocycles. The van der Waals surface area contributed by atoms with Gasteiger partial charge in [0.1, 0.15) is 11.9 Å². The van der Waals surface area contributed by atoms with Gasteiger partial charge in [-0.3, -0.25) is 0 Å². The molecule has 23 heavy (non-hydrogen) atoms. The number of carbonyl (C=O) groups is 1. The summed E-state index contributed by atoms with van der Waals surface area (Å²) in [7, 11) is 2.87. The Morgan fingerprint density at radius 2 is 1.91 bits per heavy atom. The molecule has 3 atom stereocenters. The number of hydrogen-bond donors (Lipinski definition) is 1. The summed E-state index contributed by atoms with van der Waals surface area (Å²) in [4.78, 5) is 16.8. The van der Waals surface area contributed by atoms with Crippen LogP contribution in [0.3, 0.4) is 0 Å². The van der Waals surface area contributed by atoms with Crippen molar-refractivity contribution in [3.8, 4) is 5.75 Å². The molecule has 1 aromatic carbocycles. The topological polar surface area (TPSA) is 77.4 Å². The summed E-state index contributed by atoms with van der Waals surface area (Å²) < 4.78 is 15.8. The SMILES string of the molecule is COC(=O)[C@]1([C@@H](O)C(C)C)N=C(c2ccc(OC)cc2)O[C@@H]1C. The largest absolute Gasteiger partial charge is 0.497 e. The third-order valence-electron chi connectivity index (χ3n) is 4.13. The van der Waals surface area contributed by atoms with Gasteiger partial charge in [0.2, 0.25) is 11.4 Å². The monoisotopic (exact) mass is 321 g/mol. The zero-order chi connectivity index (χ0) is 17.2. The molecule has 1 heterocycles. The first-order valence-electron chi connectivity index (χ1n) is 7.54. The van der Waals surface area contributed by atoms with Crippen LogP contribution in [-0.2, 0) is 14.3 Å². The zero-order valence-electron chi connectivity index (χ0n) is 14.1. The molecule has 0 unspecified atom stereocenters. The van der Waals surface area contributed by atoms with Crippen LogP contribution in [0.4, 0.5) is 0 Å². The maximum atomic E-state index is 12.4. The van der Waals surface area contributed by atoms with Gasteiger partial charge in [0.15, 0.2) is 0 Å². The van der Waals surface area contributed by atoms with Crippen LogP contribution in [-0.4, -0.2) is 48.9 Å². The van der Waals surface area contributed by atoms with Crippen molar-refractivity contribution in [2.45, 2.75) is 38.5 Å². The molecule has 0 aromatic heterocycles. The number of carbonyl (C=O) groups excluding carboxylic acids is 1. The van der Waals surface area contributed by atoms with Gasteiger partial charge < -0.3 is 19.3 Å². The molecule has 0 fully saturated rings. The fourth-order valence-electron chi connectivity index (χ4n) is 2.72. The molecule has 1 N–H and O–H groups in total. The molecule has 0 bridgehead atoms. The Hall–Kier alpha value is -2.08. The van der Waals surface area contributed by atoms with Gasteiger partial charge in [-0.25, -0.2) is 9.79 Å². The van der Waals surface area contributed by atoms with Gasteiger partial charge in [-0.2, -0.15) is 0 Å². The van der Waals surface area contributed by atoms with Crippen LogP contribution in [0, 0.1) is 5.92 Å². The van der Waals surface area contributed by atoms with Gasteiger partial charge in [0.25, 0.3) is 0 Å². The van der Waals surface area contributed by atoms with E-state index < -0.39 is 23.7 Å². The molecule has 0 spiro atoms. The third kappa shape index (κ3) is 2.91. The number of aliphatic hydroxyl groups is 1. The first kappa shape index (κ1) is 17.3. The Morgan fingerprint density at radius 3 is 2.39 bits per heavy atom. The molecule has 0 radical (unpaired) electrons. The minimum Gasteiger partial charge on any atom is -0.497 e. The van der Waals surface area contributed by atoms with E-state index in [1.54, 1.807) is 38.3 Å². The summed E-state index contributed by atoms with van der Waals surface area (Å²) >= 11 is 0. The van der Waals surface area contributed by atoms with Crippen molar-refractivity contribution in [1.29, 1.82) is 0 Å². The highest BCUT2D eigenvalue weighted by atomic mass is 16.5. The van der Waals surface area contributed by atoms with Crippen molar-refractivity contribution in [2.24, 2.45) is 10.9 Å². The molecule has 1 aromatic rings. The second-order valence-electron chi connectivity index (χ2n) is 5.91. The van der Waals surface area contributed by atoms with Gasteiger partial charge in [-0.05, 0) is 37.1 Å². The summed E-state index contributed by atoms with van der Waals surface area (Å²) in [6.45, 7) is 5.36. The standard InChI is InChI=1S/C17H23NO5/c1-10(2)14(19)17(16(20)22-5)11(3)23-15(18-17)12-6-8-13(21-4)9-7-12/h6-11,14,19H,1-5H3/t11-,14+,17+/m1/s1. The van der Waals surface area contributed by atoms with Crippen LogP contribution < -0.4 is 4.74 Å². The molecule has 2 rings (SSSR count). The highest BCUT2D eigenvalue weighted by molar-refractivity contribution is 5.99. The fourth-order valence-corrected chi connectivity index (χ4v) is 2.72. The Kier molecular flexibility index (Phi) is 4.94. The molecule has 1 aliphatic rings. The van der Waals surface area contributed by atoms with Crippen molar-refractivity contribution in [2.75, 3.05) is 14.2 Å². The zero-order valence-corrected chi connectivity index (χ0v) is 14.1. The smallest absolute Gasteiger partial charge is 0.340 e. The Balaban J connectivity index is 2.46. The van der Waals surface area contributed by atoms with E-state index in [0.29, 0.717) is 17.2 Å². The maximum Gasteiger partial charge on any atom is 0.340 e. The lowest BCUT2D eigenvalue weighted by molar-refractivity contribution is -0.156. The molecule has 0 amide bonds. The number of hydrogen-bond acceptors (Lipinski definition) is 6. The summed E-state index contributed by atoms with van der Waals surface area (Å²) in [6, 6.07) is 7.14. The van der Waals surface area contributed by atoms with E-state index in [4.69, 9.17) is 14.2 Å². The van der Waals surface area contributed by atoms with Gasteiger partial charge in [0.05, 0.1) is 20.3 Å². The molecular formula is C17H23NO5. The van der Waals surface area contributed by atoms with Gasteiger partial charge in [0, 0.05) is 5.56 Å². The van der Waals surface area contributed by atoms with E-state index in [0.717, 1.165) is 0 Å². The lowest BCUT2D eigenvalue weighted by Crippen LogP contribution is -2.56. The molecular weight excluding hydrogens is 298 g/mol. The van der Waals surface area contributed by atoms with E-state index in [1.165, 1.54) is 7.11 Å². The number of esters is 1. The quantitative estimate of drug-likeness (QED) is 0.837. The van der Waals surface area contributed by atoms with E-state index in [9.17, 15) is 9.90 Å². The lowest BCUT2D eigenvalue weighted by Gasteiger charge is -2.33. The number of ether oxygens (including phenoxy) is 3. The van der Waals surface area contributed by atoms with Crippen LogP contribution in [0.25, 0.3) is 0 Å². The van der Waals surface area contributed by atoms with Crippen molar-refractivity contribution in [1.82, 2.24) is 0 Å². The first-order valence-corrected chi connectivity index (χ1v) is 7.54. The van der Waals surface area contributed by atoms with Crippen LogP contribution in [0.1, 0.15) is 26.3 Å². The molecule has 0 aliphatic carbocycles. The molecule has 6 heteroatoms. The minimum atomic E-state index is -1.46. The van der Waals surface area contributed by atoms with E-state index >= 15 is 0 Å². The second-order valence-corrected chi connectivity index (χ2v) is 5.91. The van der Waals surface area contributed by atoms with Crippen LogP contribution in [0.5, 0.6) is 5.75 Å². The van der Waals surface area contributed by atoms with E-state index in [2.05, 4.69) is 4.99 Å². The second kappa shape index (κ2) is 6.58. The maximum absolute atomic E-state index is 12.4. The minimum absolute atomic E-state index is 0.181. The van der Waals surface area contributed by atoms with E-state index in [-0.39, 0.29) is 5.92 Å². The summed E-state index contributed by atoms with van der Waals surface area (Å²) in [6.07, 6.45) is -1.65. The van der Waals surface area contributed by atoms with Gasteiger partial charge >= 0.3 is 5.97 Å². The van der Waals surface area contributed by atoms with Gasteiger partial charge in [-0.15, -0.1) is 0 Å². The van der Waals surface area contributed by atoms with Crippen LogP contribution >= 0.6 is 0 Å². The average Bonchev–Trinajstić information content (AvgIpc) is 2.91. The van der Waals surface area contributed by atoms with Crippen molar-refractivity contribution >= 4 is 11.9 Å². The highest BCUT2D eigenvalue weighted by Crippen LogP contribution is 2.35. The highest BCUT2D eigenvalue weighted by Gasteiger charge is 2.57. The normalized spacial score (nSPS) is 24.8. The molecule has 1 aliphatic heterocycles. The first-order chi connectivity index (χ1) is 10.9. The summed E-state index contributed by atoms with van der Waals surface area (Å²) in [5.41, 5.74) is -0.752. The number of benzene rings is 1. The van der Waals surface area contributed by atoms with E-state index in [1.807, 2.05) is 13.8 Å².